The van der Waals surface area contributed by atoms with Crippen molar-refractivity contribution in [1.29, 1.82) is 0 Å². The van der Waals surface area contributed by atoms with Crippen molar-refractivity contribution in [3.63, 3.8) is 0 Å². The fourth-order valence-corrected chi connectivity index (χ4v) is 2.84. The van der Waals surface area contributed by atoms with Crippen molar-refractivity contribution < 1.29 is 19.4 Å². The molecular weight excluding hydrogens is 322 g/mol. The normalized spacial score (nSPS) is 12.3. The molecule has 2 aromatic carbocycles. The molecular formula is C18H15N3O4. The average Bonchev–Trinajstić information content (AvgIpc) is 3.07. The van der Waals surface area contributed by atoms with Gasteiger partial charge in [-0.2, -0.15) is 0 Å². The first kappa shape index (κ1) is 15.1. The molecule has 1 aromatic heterocycles. The van der Waals surface area contributed by atoms with E-state index < -0.39 is 5.97 Å². The largest absolute Gasteiger partial charge is 0.478 e. The lowest BCUT2D eigenvalue weighted by Gasteiger charge is -2.13. The molecule has 1 aliphatic heterocycles. The van der Waals surface area contributed by atoms with Gasteiger partial charge in [0.15, 0.2) is 11.5 Å². The second-order valence-corrected chi connectivity index (χ2v) is 5.64. The van der Waals surface area contributed by atoms with Crippen LogP contribution in [0.1, 0.15) is 15.9 Å². The number of hydrogen-bond donors (Lipinski definition) is 3. The number of carboxylic acid groups (broad SMARTS) is 1. The molecule has 0 unspecified atom stereocenters. The van der Waals surface area contributed by atoms with E-state index >= 15 is 0 Å². The lowest BCUT2D eigenvalue weighted by Crippen LogP contribution is -2.08. The molecule has 7 nitrogen and oxygen atoms in total. The van der Waals surface area contributed by atoms with E-state index in [1.807, 2.05) is 18.2 Å². The van der Waals surface area contributed by atoms with Crippen LogP contribution in [0.4, 0.5) is 11.4 Å². The van der Waals surface area contributed by atoms with Gasteiger partial charge in [0.25, 0.3) is 0 Å². The van der Waals surface area contributed by atoms with Crippen LogP contribution in [0.2, 0.25) is 0 Å². The van der Waals surface area contributed by atoms with Crippen LogP contribution in [0.15, 0.2) is 42.6 Å². The summed E-state index contributed by atoms with van der Waals surface area (Å²) in [5.74, 6) is 0.337. The Kier molecular flexibility index (Phi) is 3.53. The van der Waals surface area contributed by atoms with Gasteiger partial charge in [-0.3, -0.25) is 4.98 Å². The van der Waals surface area contributed by atoms with Gasteiger partial charge in [0.05, 0.1) is 16.9 Å². The highest BCUT2D eigenvalue weighted by Gasteiger charge is 2.17. The monoisotopic (exact) mass is 337 g/mol. The first-order chi connectivity index (χ1) is 12.1. The highest BCUT2D eigenvalue weighted by atomic mass is 16.7. The van der Waals surface area contributed by atoms with Gasteiger partial charge in [0.1, 0.15) is 5.56 Å². The van der Waals surface area contributed by atoms with Crippen molar-refractivity contribution in [2.45, 2.75) is 6.54 Å². The number of carbonyl (C=O) groups is 1. The maximum atomic E-state index is 11.6. The Morgan fingerprint density at radius 3 is 2.92 bits per heavy atom. The van der Waals surface area contributed by atoms with Gasteiger partial charge in [0, 0.05) is 18.1 Å². The lowest BCUT2D eigenvalue weighted by atomic mass is 10.1. The third-order valence-electron chi connectivity index (χ3n) is 4.07. The minimum absolute atomic E-state index is 0.0962. The number of nitrogen functional groups attached to an aromatic ring is 1. The highest BCUT2D eigenvalue weighted by molar-refractivity contribution is 6.06. The number of fused-ring (bicyclic) bond motifs is 2. The number of anilines is 2. The summed E-state index contributed by atoms with van der Waals surface area (Å²) in [6.45, 7) is 0.633. The Bertz CT molecular complexity index is 987. The molecule has 0 aliphatic carbocycles. The fourth-order valence-electron chi connectivity index (χ4n) is 2.84. The van der Waals surface area contributed by atoms with E-state index in [0.29, 0.717) is 40.3 Å². The molecule has 2 heterocycles. The number of para-hydroxylation sites is 1. The summed E-state index contributed by atoms with van der Waals surface area (Å²) in [4.78, 5) is 15.7. The molecule has 0 radical (unpaired) electrons. The minimum Gasteiger partial charge on any atom is -0.478 e. The van der Waals surface area contributed by atoms with Crippen LogP contribution >= 0.6 is 0 Å². The van der Waals surface area contributed by atoms with Gasteiger partial charge in [-0.15, -0.1) is 0 Å². The molecule has 4 N–H and O–H groups in total. The number of hydrogen-bond acceptors (Lipinski definition) is 6. The number of ether oxygens (including phenoxy) is 2. The first-order valence-electron chi connectivity index (χ1n) is 7.66. The molecule has 0 fully saturated rings. The predicted molar refractivity (Wildman–Crippen MR) is 93.0 cm³/mol. The lowest BCUT2D eigenvalue weighted by molar-refractivity contribution is 0.0697. The fraction of sp³-hybridized carbons (Fsp3) is 0.111. The van der Waals surface area contributed by atoms with E-state index in [2.05, 4.69) is 10.3 Å². The molecule has 4 rings (SSSR count). The van der Waals surface area contributed by atoms with E-state index in [0.717, 1.165) is 5.56 Å². The quantitative estimate of drug-likeness (QED) is 0.628. The molecule has 0 amide bonds. The number of benzene rings is 2. The number of pyridine rings is 1. The predicted octanol–water partition coefficient (Wildman–Crippen LogP) is 2.86. The summed E-state index contributed by atoms with van der Waals surface area (Å²) in [7, 11) is 0. The molecule has 0 spiro atoms. The molecule has 0 saturated carbocycles. The number of aromatic carboxylic acids is 1. The molecule has 3 aromatic rings. The molecule has 126 valence electrons. The second-order valence-electron chi connectivity index (χ2n) is 5.64. The Morgan fingerprint density at radius 2 is 2.08 bits per heavy atom. The number of nitrogens with one attached hydrogen (secondary N) is 1. The summed E-state index contributed by atoms with van der Waals surface area (Å²) in [5.41, 5.74) is 8.55. The van der Waals surface area contributed by atoms with E-state index in [1.54, 1.807) is 18.2 Å². The smallest absolute Gasteiger partial charge is 0.339 e. The summed E-state index contributed by atoms with van der Waals surface area (Å²) < 4.78 is 10.7. The molecule has 0 atom stereocenters. The van der Waals surface area contributed by atoms with Gasteiger partial charge in [0.2, 0.25) is 6.79 Å². The Morgan fingerprint density at radius 1 is 1.24 bits per heavy atom. The third kappa shape index (κ3) is 2.65. The van der Waals surface area contributed by atoms with Crippen molar-refractivity contribution in [3.05, 3.63) is 53.7 Å². The van der Waals surface area contributed by atoms with Crippen molar-refractivity contribution in [3.8, 4) is 11.5 Å². The number of carboxylic acids is 1. The second kappa shape index (κ2) is 5.86. The van der Waals surface area contributed by atoms with E-state index in [-0.39, 0.29) is 12.4 Å². The van der Waals surface area contributed by atoms with Crippen molar-refractivity contribution >= 4 is 28.2 Å². The highest BCUT2D eigenvalue weighted by Crippen LogP contribution is 2.33. The third-order valence-corrected chi connectivity index (χ3v) is 4.07. The van der Waals surface area contributed by atoms with Crippen LogP contribution < -0.4 is 20.5 Å². The van der Waals surface area contributed by atoms with Crippen LogP contribution in [0.5, 0.6) is 11.5 Å². The maximum Gasteiger partial charge on any atom is 0.339 e. The van der Waals surface area contributed by atoms with Gasteiger partial charge in [-0.1, -0.05) is 18.2 Å². The summed E-state index contributed by atoms with van der Waals surface area (Å²) in [6, 6.07) is 10.9. The topological polar surface area (TPSA) is 107 Å². The van der Waals surface area contributed by atoms with Gasteiger partial charge < -0.3 is 25.6 Å². The Labute approximate surface area is 143 Å². The summed E-state index contributed by atoms with van der Waals surface area (Å²) in [6.07, 6.45) is 1.32. The van der Waals surface area contributed by atoms with E-state index in [1.165, 1.54) is 6.20 Å². The van der Waals surface area contributed by atoms with Crippen LogP contribution in [-0.2, 0) is 6.54 Å². The summed E-state index contributed by atoms with van der Waals surface area (Å²) in [5, 5.41) is 13.3. The maximum absolute atomic E-state index is 11.6. The van der Waals surface area contributed by atoms with Crippen LogP contribution in [0.25, 0.3) is 10.9 Å². The van der Waals surface area contributed by atoms with E-state index in [9.17, 15) is 9.90 Å². The average molecular weight is 337 g/mol. The van der Waals surface area contributed by atoms with E-state index in [4.69, 9.17) is 15.2 Å². The molecule has 1 aliphatic rings. The number of rotatable bonds is 4. The zero-order valence-corrected chi connectivity index (χ0v) is 13.2. The zero-order chi connectivity index (χ0) is 17.4. The van der Waals surface area contributed by atoms with Crippen molar-refractivity contribution in [2.24, 2.45) is 0 Å². The van der Waals surface area contributed by atoms with Gasteiger partial charge in [-0.05, 0) is 23.8 Å². The SMILES string of the molecule is Nc1cccc2c(NCc3ccc4c(c3)OCO4)c(C(=O)O)cnc12. The number of aromatic nitrogens is 1. The van der Waals surface area contributed by atoms with Crippen LogP contribution in [0.3, 0.4) is 0 Å². The first-order valence-corrected chi connectivity index (χ1v) is 7.66. The number of nitrogens with two attached hydrogens (primary N) is 1. The van der Waals surface area contributed by atoms with Gasteiger partial charge in [-0.25, -0.2) is 4.79 Å². The number of nitrogens with zero attached hydrogens (tertiary/aromatic N) is 1. The van der Waals surface area contributed by atoms with Crippen molar-refractivity contribution in [1.82, 2.24) is 4.98 Å². The molecule has 25 heavy (non-hydrogen) atoms. The van der Waals surface area contributed by atoms with Crippen LogP contribution in [-0.4, -0.2) is 22.9 Å². The minimum atomic E-state index is -1.05. The van der Waals surface area contributed by atoms with Crippen LogP contribution in [0, 0.1) is 0 Å². The van der Waals surface area contributed by atoms with Gasteiger partial charge >= 0.3 is 5.97 Å². The molecule has 7 heteroatoms. The Balaban J connectivity index is 1.71. The summed E-state index contributed by atoms with van der Waals surface area (Å²) >= 11 is 0. The molecule has 0 saturated heterocycles. The standard InChI is InChI=1S/C18H15N3O4/c19-13-3-1-2-11-16(12(18(22)23)8-21-17(11)13)20-7-10-4-5-14-15(6-10)25-9-24-14/h1-6,8H,7,9,19H2,(H,20,21)(H,22,23). The molecule has 0 bridgehead atoms. The zero-order valence-electron chi connectivity index (χ0n) is 13.2. The van der Waals surface area contributed by atoms with Crippen molar-refractivity contribution in [2.75, 3.05) is 17.8 Å². The Hall–Kier alpha value is -3.48.